The van der Waals surface area contributed by atoms with E-state index in [1.807, 2.05) is 17.5 Å². The molecule has 1 aliphatic heterocycles. The smallest absolute Gasteiger partial charge is 0.338 e. The summed E-state index contributed by atoms with van der Waals surface area (Å²) in [4.78, 5) is 49.8. The Morgan fingerprint density at radius 3 is 2.41 bits per heavy atom. The highest BCUT2D eigenvalue weighted by Gasteiger charge is 2.30. The summed E-state index contributed by atoms with van der Waals surface area (Å²) < 4.78 is 5.18. The lowest BCUT2D eigenvalue weighted by molar-refractivity contribution is -0.129. The van der Waals surface area contributed by atoms with Crippen LogP contribution < -0.4 is 10.2 Å². The zero-order valence-corrected chi connectivity index (χ0v) is 15.5. The molecular weight excluding hydrogens is 368 g/mol. The number of nitrogens with zero attached hydrogens (tertiary/aromatic N) is 1. The molecule has 0 bridgehead atoms. The van der Waals surface area contributed by atoms with Crippen LogP contribution in [0.3, 0.4) is 0 Å². The summed E-state index contributed by atoms with van der Waals surface area (Å²) >= 11 is 1.52. The summed E-state index contributed by atoms with van der Waals surface area (Å²) in [5.74, 6) is -1.56. The molecule has 8 heteroatoms. The Morgan fingerprint density at radius 2 is 1.81 bits per heavy atom. The second kappa shape index (κ2) is 8.13. The quantitative estimate of drug-likeness (QED) is 0.607. The predicted octanol–water partition coefficient (Wildman–Crippen LogP) is 2.26. The molecule has 0 aliphatic carbocycles. The molecule has 1 fully saturated rings. The molecule has 27 heavy (non-hydrogen) atoms. The molecule has 2 heterocycles. The minimum absolute atomic E-state index is 0.195. The van der Waals surface area contributed by atoms with Crippen molar-refractivity contribution in [3.63, 3.8) is 0 Å². The molecule has 1 atom stereocenters. The topological polar surface area (TPSA) is 92.8 Å². The maximum atomic E-state index is 12.2. The van der Waals surface area contributed by atoms with Crippen molar-refractivity contribution in [2.75, 3.05) is 4.90 Å². The van der Waals surface area contributed by atoms with Crippen LogP contribution in [0.15, 0.2) is 41.8 Å². The summed E-state index contributed by atoms with van der Waals surface area (Å²) in [5, 5.41) is 4.62. The lowest BCUT2D eigenvalue weighted by Gasteiger charge is -2.15. The summed E-state index contributed by atoms with van der Waals surface area (Å²) in [7, 11) is 0. The number of thiophene rings is 1. The molecule has 3 amide bonds. The van der Waals surface area contributed by atoms with Gasteiger partial charge in [0.2, 0.25) is 11.8 Å². The third-order valence-electron chi connectivity index (χ3n) is 4.08. The molecule has 0 saturated carbocycles. The Kier molecular flexibility index (Phi) is 5.66. The highest BCUT2D eigenvalue weighted by Crippen LogP contribution is 2.23. The summed E-state index contributed by atoms with van der Waals surface area (Å²) in [5.41, 5.74) is 0.650. The molecule has 0 radical (unpaired) electrons. The van der Waals surface area contributed by atoms with E-state index < -0.39 is 12.1 Å². The lowest BCUT2D eigenvalue weighted by atomic mass is 10.2. The van der Waals surface area contributed by atoms with E-state index in [9.17, 15) is 19.2 Å². The van der Waals surface area contributed by atoms with Gasteiger partial charge in [-0.25, -0.2) is 4.79 Å². The number of anilines is 1. The minimum atomic E-state index is -0.945. The van der Waals surface area contributed by atoms with Crippen molar-refractivity contribution in [3.8, 4) is 0 Å². The number of hydrogen-bond donors (Lipinski definition) is 1. The molecule has 1 saturated heterocycles. The van der Waals surface area contributed by atoms with Crippen molar-refractivity contribution in [2.45, 2.75) is 32.4 Å². The van der Waals surface area contributed by atoms with E-state index in [1.54, 1.807) is 0 Å². The molecule has 140 valence electrons. The van der Waals surface area contributed by atoms with Gasteiger partial charge in [-0.1, -0.05) is 6.07 Å². The van der Waals surface area contributed by atoms with Gasteiger partial charge >= 0.3 is 5.97 Å². The van der Waals surface area contributed by atoms with Crippen LogP contribution in [0.4, 0.5) is 5.69 Å². The Labute approximate surface area is 159 Å². The Bertz CT molecular complexity index is 845. The number of benzene rings is 1. The van der Waals surface area contributed by atoms with Gasteiger partial charge in [-0.05, 0) is 42.6 Å². The predicted molar refractivity (Wildman–Crippen MR) is 99.2 cm³/mol. The van der Waals surface area contributed by atoms with Gasteiger partial charge in [0.05, 0.1) is 17.8 Å². The Morgan fingerprint density at radius 1 is 1.15 bits per heavy atom. The molecule has 1 unspecified atom stereocenters. The molecule has 1 N–H and O–H groups in total. The Balaban J connectivity index is 1.56. The molecule has 2 aromatic rings. The number of ether oxygens (including phenoxy) is 1. The first-order chi connectivity index (χ1) is 13.0. The van der Waals surface area contributed by atoms with Gasteiger partial charge in [-0.15, -0.1) is 11.3 Å². The number of hydrogen-bond acceptors (Lipinski definition) is 6. The molecular formula is C19H18N2O5S. The van der Waals surface area contributed by atoms with Crippen molar-refractivity contribution in [3.05, 3.63) is 52.2 Å². The summed E-state index contributed by atoms with van der Waals surface area (Å²) in [6.07, 6.45) is -0.555. The normalized spacial score (nSPS) is 14.9. The van der Waals surface area contributed by atoms with E-state index in [4.69, 9.17) is 4.74 Å². The number of amides is 3. The van der Waals surface area contributed by atoms with Crippen molar-refractivity contribution in [2.24, 2.45) is 0 Å². The average Bonchev–Trinajstić information content (AvgIpc) is 3.29. The van der Waals surface area contributed by atoms with E-state index in [-0.39, 0.29) is 36.1 Å². The third-order valence-corrected chi connectivity index (χ3v) is 4.96. The van der Waals surface area contributed by atoms with Crippen LogP contribution in [0.2, 0.25) is 0 Å². The second-order valence-electron chi connectivity index (χ2n) is 6.01. The molecule has 3 rings (SSSR count). The largest absolute Gasteiger partial charge is 0.449 e. The van der Waals surface area contributed by atoms with Gasteiger partial charge in [-0.3, -0.25) is 19.3 Å². The Hall–Kier alpha value is -3.00. The number of carbonyl (C=O) groups is 4. The molecule has 1 aromatic carbocycles. The van der Waals surface area contributed by atoms with E-state index in [0.717, 1.165) is 9.78 Å². The van der Waals surface area contributed by atoms with Gasteiger partial charge in [0, 0.05) is 17.7 Å². The maximum Gasteiger partial charge on any atom is 0.338 e. The maximum absolute atomic E-state index is 12.2. The van der Waals surface area contributed by atoms with Crippen molar-refractivity contribution < 1.29 is 23.9 Å². The SMILES string of the molecule is CC(OC(=O)c1ccc(N2C(=O)CCC2=O)cc1)C(=O)NCc1cccs1. The number of imide groups is 1. The van der Waals surface area contributed by atoms with Gasteiger partial charge in [0.15, 0.2) is 6.10 Å². The van der Waals surface area contributed by atoms with Crippen LogP contribution >= 0.6 is 11.3 Å². The highest BCUT2D eigenvalue weighted by atomic mass is 32.1. The first-order valence-electron chi connectivity index (χ1n) is 8.42. The van der Waals surface area contributed by atoms with Gasteiger partial charge in [0.25, 0.3) is 5.91 Å². The first-order valence-corrected chi connectivity index (χ1v) is 9.30. The molecule has 7 nitrogen and oxygen atoms in total. The van der Waals surface area contributed by atoms with E-state index >= 15 is 0 Å². The highest BCUT2D eigenvalue weighted by molar-refractivity contribution is 7.09. The zero-order valence-electron chi connectivity index (χ0n) is 14.6. The van der Waals surface area contributed by atoms with Crippen molar-refractivity contribution in [1.29, 1.82) is 0 Å². The van der Waals surface area contributed by atoms with E-state index in [1.165, 1.54) is 42.5 Å². The van der Waals surface area contributed by atoms with Crippen LogP contribution in [0.25, 0.3) is 0 Å². The number of nitrogens with one attached hydrogen (secondary N) is 1. The second-order valence-corrected chi connectivity index (χ2v) is 7.05. The van der Waals surface area contributed by atoms with Crippen LogP contribution in [0.5, 0.6) is 0 Å². The van der Waals surface area contributed by atoms with E-state index in [0.29, 0.717) is 12.2 Å². The third kappa shape index (κ3) is 4.40. The zero-order chi connectivity index (χ0) is 19.4. The minimum Gasteiger partial charge on any atom is -0.449 e. The van der Waals surface area contributed by atoms with Crippen LogP contribution in [-0.4, -0.2) is 29.8 Å². The van der Waals surface area contributed by atoms with E-state index in [2.05, 4.69) is 5.32 Å². The van der Waals surface area contributed by atoms with Gasteiger partial charge in [0.1, 0.15) is 0 Å². The van der Waals surface area contributed by atoms with Crippen LogP contribution in [0.1, 0.15) is 35.0 Å². The fourth-order valence-corrected chi connectivity index (χ4v) is 3.27. The van der Waals surface area contributed by atoms with Crippen molar-refractivity contribution >= 4 is 40.7 Å². The van der Waals surface area contributed by atoms with Crippen molar-refractivity contribution in [1.82, 2.24) is 5.32 Å². The molecule has 1 aromatic heterocycles. The number of carbonyl (C=O) groups excluding carboxylic acids is 4. The van der Waals surface area contributed by atoms with Gasteiger partial charge in [-0.2, -0.15) is 0 Å². The molecule has 0 spiro atoms. The summed E-state index contributed by atoms with van der Waals surface area (Å²) in [6.45, 7) is 1.88. The average molecular weight is 386 g/mol. The fourth-order valence-electron chi connectivity index (χ4n) is 2.62. The molecule has 1 aliphatic rings. The first kappa shape index (κ1) is 18.8. The lowest BCUT2D eigenvalue weighted by Crippen LogP contribution is -2.35. The van der Waals surface area contributed by atoms with Crippen LogP contribution in [-0.2, 0) is 25.7 Å². The monoisotopic (exact) mass is 386 g/mol. The van der Waals surface area contributed by atoms with Crippen LogP contribution in [0, 0.1) is 0 Å². The summed E-state index contributed by atoms with van der Waals surface area (Å²) in [6, 6.07) is 9.75. The number of esters is 1. The number of rotatable bonds is 6. The standard InChI is InChI=1S/C19H18N2O5S/c1-12(18(24)20-11-15-3-2-10-27-15)26-19(25)13-4-6-14(7-5-13)21-16(22)8-9-17(21)23/h2-7,10,12H,8-9,11H2,1H3,(H,20,24). The van der Waals surface area contributed by atoms with Gasteiger partial charge < -0.3 is 10.1 Å². The fraction of sp³-hybridized carbons (Fsp3) is 0.263.